The van der Waals surface area contributed by atoms with Crippen LogP contribution >= 0.6 is 11.3 Å². The van der Waals surface area contributed by atoms with Gasteiger partial charge in [0.15, 0.2) is 0 Å². The molecule has 1 aromatic heterocycles. The highest BCUT2D eigenvalue weighted by Gasteiger charge is 2.03. The van der Waals surface area contributed by atoms with Crippen LogP contribution in [0.4, 0.5) is 4.39 Å². The van der Waals surface area contributed by atoms with Crippen molar-refractivity contribution in [1.29, 1.82) is 0 Å². The lowest BCUT2D eigenvalue weighted by Gasteiger charge is -2.05. The van der Waals surface area contributed by atoms with Crippen molar-refractivity contribution in [3.8, 4) is 5.75 Å². The van der Waals surface area contributed by atoms with Crippen LogP contribution in [0, 0.1) is 12.7 Å². The number of thiazole rings is 1. The highest BCUT2D eigenvalue weighted by molar-refractivity contribution is 7.09. The fourth-order valence-corrected chi connectivity index (χ4v) is 2.23. The van der Waals surface area contributed by atoms with Crippen molar-refractivity contribution in [2.24, 2.45) is 0 Å². The molecular formula is C14H12FNO3S. The number of halogens is 1. The molecule has 0 aliphatic heterocycles. The lowest BCUT2D eigenvalue weighted by atomic mass is 10.2. The van der Waals surface area contributed by atoms with Gasteiger partial charge in [0.05, 0.1) is 0 Å². The highest BCUT2D eigenvalue weighted by Crippen LogP contribution is 2.19. The summed E-state index contributed by atoms with van der Waals surface area (Å²) in [4.78, 5) is 14.7. The minimum Gasteiger partial charge on any atom is -0.486 e. The van der Waals surface area contributed by atoms with Gasteiger partial charge in [-0.25, -0.2) is 14.2 Å². The molecule has 20 heavy (non-hydrogen) atoms. The Hall–Kier alpha value is -2.21. The van der Waals surface area contributed by atoms with E-state index >= 15 is 0 Å². The Kier molecular flexibility index (Phi) is 4.47. The van der Waals surface area contributed by atoms with Crippen molar-refractivity contribution >= 4 is 23.4 Å². The first-order valence-electron chi connectivity index (χ1n) is 5.78. The molecule has 6 heteroatoms. The van der Waals surface area contributed by atoms with Crippen molar-refractivity contribution < 1.29 is 19.0 Å². The second kappa shape index (κ2) is 6.29. The number of carboxylic acid groups (broad SMARTS) is 1. The summed E-state index contributed by atoms with van der Waals surface area (Å²) < 4.78 is 18.9. The van der Waals surface area contributed by atoms with Gasteiger partial charge in [-0.15, -0.1) is 11.3 Å². The average Bonchev–Trinajstić information content (AvgIpc) is 2.79. The molecule has 0 unspecified atom stereocenters. The average molecular weight is 293 g/mol. The van der Waals surface area contributed by atoms with E-state index in [1.807, 2.05) is 12.3 Å². The molecule has 2 rings (SSSR count). The summed E-state index contributed by atoms with van der Waals surface area (Å²) in [5.41, 5.74) is 1.34. The SMILES string of the molecule is Cc1csc(COc2cc(F)cc(/C=C/C(=O)O)c2)n1. The second-order valence-corrected chi connectivity index (χ2v) is 5.01. The lowest BCUT2D eigenvalue weighted by Crippen LogP contribution is -1.96. The van der Waals surface area contributed by atoms with Gasteiger partial charge in [-0.3, -0.25) is 0 Å². The van der Waals surface area contributed by atoms with Crippen LogP contribution < -0.4 is 4.74 Å². The Morgan fingerprint density at radius 3 is 2.95 bits per heavy atom. The molecule has 0 aliphatic carbocycles. The summed E-state index contributed by atoms with van der Waals surface area (Å²) in [7, 11) is 0. The van der Waals surface area contributed by atoms with Crippen LogP contribution in [-0.2, 0) is 11.4 Å². The largest absolute Gasteiger partial charge is 0.486 e. The molecule has 1 aromatic carbocycles. The fourth-order valence-electron chi connectivity index (χ4n) is 1.55. The zero-order valence-electron chi connectivity index (χ0n) is 10.7. The van der Waals surface area contributed by atoms with E-state index in [0.29, 0.717) is 11.3 Å². The third-order valence-electron chi connectivity index (χ3n) is 2.34. The maximum absolute atomic E-state index is 13.4. The van der Waals surface area contributed by atoms with Crippen LogP contribution in [0.2, 0.25) is 0 Å². The van der Waals surface area contributed by atoms with Crippen LogP contribution in [-0.4, -0.2) is 16.1 Å². The zero-order chi connectivity index (χ0) is 14.5. The number of hydrogen-bond acceptors (Lipinski definition) is 4. The first-order valence-corrected chi connectivity index (χ1v) is 6.66. The minimum absolute atomic E-state index is 0.254. The predicted molar refractivity (Wildman–Crippen MR) is 74.3 cm³/mol. The smallest absolute Gasteiger partial charge is 0.328 e. The number of aryl methyl sites for hydroxylation is 1. The van der Waals surface area contributed by atoms with E-state index in [1.165, 1.54) is 29.5 Å². The summed E-state index contributed by atoms with van der Waals surface area (Å²) >= 11 is 1.47. The summed E-state index contributed by atoms with van der Waals surface area (Å²) in [5, 5.41) is 11.3. The summed E-state index contributed by atoms with van der Waals surface area (Å²) in [6.07, 6.45) is 2.26. The standard InChI is InChI=1S/C14H12FNO3S/c1-9-8-20-13(16-9)7-19-12-5-10(2-3-14(17)18)4-11(15)6-12/h2-6,8H,7H2,1H3,(H,17,18)/b3-2+. The van der Waals surface area contributed by atoms with Crippen LogP contribution in [0.3, 0.4) is 0 Å². The summed E-state index contributed by atoms with van der Waals surface area (Å²) in [5.74, 6) is -1.24. The van der Waals surface area contributed by atoms with Crippen LogP contribution in [0.5, 0.6) is 5.75 Å². The number of aromatic nitrogens is 1. The molecule has 0 atom stereocenters. The van der Waals surface area contributed by atoms with Gasteiger partial charge in [-0.1, -0.05) is 0 Å². The first kappa shape index (κ1) is 14.2. The molecule has 104 valence electrons. The molecule has 0 aliphatic rings. The Morgan fingerprint density at radius 1 is 1.50 bits per heavy atom. The minimum atomic E-state index is -1.09. The molecule has 0 amide bonds. The number of nitrogens with zero attached hydrogens (tertiary/aromatic N) is 1. The molecule has 0 radical (unpaired) electrons. The van der Waals surface area contributed by atoms with Crippen molar-refractivity contribution in [2.45, 2.75) is 13.5 Å². The van der Waals surface area contributed by atoms with Gasteiger partial charge >= 0.3 is 5.97 Å². The number of hydrogen-bond donors (Lipinski definition) is 1. The lowest BCUT2D eigenvalue weighted by molar-refractivity contribution is -0.131. The molecular weight excluding hydrogens is 281 g/mol. The third-order valence-corrected chi connectivity index (χ3v) is 3.28. The topological polar surface area (TPSA) is 59.4 Å². The number of benzene rings is 1. The molecule has 2 aromatic rings. The first-order chi connectivity index (χ1) is 9.52. The van der Waals surface area contributed by atoms with E-state index in [4.69, 9.17) is 9.84 Å². The molecule has 1 N–H and O–H groups in total. The fraction of sp³-hybridized carbons (Fsp3) is 0.143. The number of carboxylic acids is 1. The number of rotatable bonds is 5. The molecule has 0 saturated carbocycles. The van der Waals surface area contributed by atoms with Crippen LogP contribution in [0.25, 0.3) is 6.08 Å². The van der Waals surface area contributed by atoms with Gasteiger partial charge in [-0.05, 0) is 30.7 Å². The number of aliphatic carboxylic acids is 1. The van der Waals surface area contributed by atoms with Gasteiger partial charge in [0.25, 0.3) is 0 Å². The van der Waals surface area contributed by atoms with E-state index in [9.17, 15) is 9.18 Å². The Bertz CT molecular complexity index is 652. The van der Waals surface area contributed by atoms with Gasteiger partial charge in [0.2, 0.25) is 0 Å². The van der Waals surface area contributed by atoms with Crippen LogP contribution in [0.15, 0.2) is 29.7 Å². The van der Waals surface area contributed by atoms with Crippen LogP contribution in [0.1, 0.15) is 16.3 Å². The van der Waals surface area contributed by atoms with Crippen molar-refractivity contribution in [2.75, 3.05) is 0 Å². The Morgan fingerprint density at radius 2 is 2.30 bits per heavy atom. The van der Waals surface area contributed by atoms with E-state index in [-0.39, 0.29) is 6.61 Å². The maximum atomic E-state index is 13.4. The van der Waals surface area contributed by atoms with Gasteiger partial charge in [0, 0.05) is 23.2 Å². The van der Waals surface area contributed by atoms with Crippen molar-refractivity contribution in [3.63, 3.8) is 0 Å². The molecule has 0 bridgehead atoms. The highest BCUT2D eigenvalue weighted by atomic mass is 32.1. The normalized spacial score (nSPS) is 10.9. The molecule has 0 fully saturated rings. The van der Waals surface area contributed by atoms with E-state index in [1.54, 1.807) is 6.07 Å². The number of carbonyl (C=O) groups is 1. The van der Waals surface area contributed by atoms with E-state index in [2.05, 4.69) is 4.98 Å². The zero-order valence-corrected chi connectivity index (χ0v) is 11.5. The van der Waals surface area contributed by atoms with Crippen molar-refractivity contribution in [3.05, 3.63) is 51.7 Å². The molecule has 4 nitrogen and oxygen atoms in total. The maximum Gasteiger partial charge on any atom is 0.328 e. The molecule has 0 spiro atoms. The predicted octanol–water partition coefficient (Wildman–Crippen LogP) is 3.27. The number of ether oxygens (including phenoxy) is 1. The third kappa shape index (κ3) is 4.17. The monoisotopic (exact) mass is 293 g/mol. The van der Waals surface area contributed by atoms with Gasteiger partial charge in [0.1, 0.15) is 23.2 Å². The van der Waals surface area contributed by atoms with E-state index < -0.39 is 11.8 Å². The van der Waals surface area contributed by atoms with Crippen molar-refractivity contribution in [1.82, 2.24) is 4.98 Å². The van der Waals surface area contributed by atoms with Gasteiger partial charge in [-0.2, -0.15) is 0 Å². The Balaban J connectivity index is 2.09. The molecule has 1 heterocycles. The summed E-state index contributed by atoms with van der Waals surface area (Å²) in [6, 6.07) is 4.06. The van der Waals surface area contributed by atoms with Gasteiger partial charge < -0.3 is 9.84 Å². The van der Waals surface area contributed by atoms with E-state index in [0.717, 1.165) is 16.8 Å². The molecule has 0 saturated heterocycles. The quantitative estimate of drug-likeness (QED) is 0.860. The summed E-state index contributed by atoms with van der Waals surface area (Å²) in [6.45, 7) is 2.14. The second-order valence-electron chi connectivity index (χ2n) is 4.06. The Labute approximate surface area is 119 Å².